The minimum Gasteiger partial charge on any atom is -0.494 e. The summed E-state index contributed by atoms with van der Waals surface area (Å²) in [5.74, 6) is 0.273. The first-order valence-corrected chi connectivity index (χ1v) is 7.56. The summed E-state index contributed by atoms with van der Waals surface area (Å²) in [4.78, 5) is 12.2. The van der Waals surface area contributed by atoms with Gasteiger partial charge < -0.3 is 18.9 Å². The van der Waals surface area contributed by atoms with E-state index in [4.69, 9.17) is 18.9 Å². The molecule has 2 aromatic rings. The van der Waals surface area contributed by atoms with Crippen molar-refractivity contribution in [3.05, 3.63) is 53.3 Å². The molecule has 1 aliphatic heterocycles. The Bertz CT molecular complexity index is 744. The van der Waals surface area contributed by atoms with Gasteiger partial charge in [0.1, 0.15) is 6.61 Å². The van der Waals surface area contributed by atoms with Crippen LogP contribution in [0.3, 0.4) is 0 Å². The average Bonchev–Trinajstić information content (AvgIpc) is 2.84. The third-order valence-corrected chi connectivity index (χ3v) is 3.57. The van der Waals surface area contributed by atoms with Crippen molar-refractivity contribution in [3.63, 3.8) is 0 Å². The largest absolute Gasteiger partial charge is 0.494 e. The van der Waals surface area contributed by atoms with Crippen molar-refractivity contribution in [1.29, 1.82) is 0 Å². The van der Waals surface area contributed by atoms with E-state index in [1.807, 2.05) is 0 Å². The highest BCUT2D eigenvalue weighted by molar-refractivity contribution is 5.90. The molecule has 0 atom stereocenters. The van der Waals surface area contributed by atoms with E-state index in [1.54, 1.807) is 24.3 Å². The van der Waals surface area contributed by atoms with Gasteiger partial charge in [-0.05, 0) is 35.9 Å². The molecule has 0 N–H and O–H groups in total. The summed E-state index contributed by atoms with van der Waals surface area (Å²) < 4.78 is 34.8. The second-order valence-electron chi connectivity index (χ2n) is 5.26. The van der Waals surface area contributed by atoms with Crippen LogP contribution in [0.2, 0.25) is 0 Å². The van der Waals surface area contributed by atoms with Crippen LogP contribution in [0.4, 0.5) is 4.39 Å². The highest BCUT2D eigenvalue weighted by atomic mass is 19.1. The summed E-state index contributed by atoms with van der Waals surface area (Å²) in [7, 11) is 1.39. The fourth-order valence-corrected chi connectivity index (χ4v) is 2.32. The lowest BCUT2D eigenvalue weighted by atomic mass is 10.2. The van der Waals surface area contributed by atoms with E-state index >= 15 is 0 Å². The van der Waals surface area contributed by atoms with Crippen LogP contribution in [0, 0.1) is 5.82 Å². The summed E-state index contributed by atoms with van der Waals surface area (Å²) in [5.41, 5.74) is 0.893. The number of halogens is 1. The SMILES string of the molecule is COc1ccc(COC(=O)c2ccc3c(c2)OCCCO3)cc1F. The van der Waals surface area contributed by atoms with Crippen molar-refractivity contribution < 1.29 is 28.1 Å². The Morgan fingerprint density at radius 1 is 1.12 bits per heavy atom. The highest BCUT2D eigenvalue weighted by Crippen LogP contribution is 2.30. The molecular formula is C18H17FO5. The molecule has 5 nitrogen and oxygen atoms in total. The molecule has 1 heterocycles. The summed E-state index contributed by atoms with van der Waals surface area (Å²) in [6.07, 6.45) is 0.789. The molecule has 3 rings (SSSR count). The maximum Gasteiger partial charge on any atom is 0.338 e. The van der Waals surface area contributed by atoms with Gasteiger partial charge in [-0.3, -0.25) is 0 Å². The number of benzene rings is 2. The molecule has 0 unspecified atom stereocenters. The van der Waals surface area contributed by atoms with Crippen LogP contribution in [0.15, 0.2) is 36.4 Å². The van der Waals surface area contributed by atoms with Crippen LogP contribution >= 0.6 is 0 Å². The first-order chi connectivity index (χ1) is 11.7. The normalized spacial score (nSPS) is 13.1. The minimum atomic E-state index is -0.512. The van der Waals surface area contributed by atoms with Gasteiger partial charge in [-0.2, -0.15) is 0 Å². The number of hydrogen-bond donors (Lipinski definition) is 0. The van der Waals surface area contributed by atoms with Crippen LogP contribution in [0.25, 0.3) is 0 Å². The molecule has 2 aromatic carbocycles. The van der Waals surface area contributed by atoms with E-state index in [1.165, 1.54) is 19.2 Å². The van der Waals surface area contributed by atoms with Crippen molar-refractivity contribution in [2.45, 2.75) is 13.0 Å². The number of fused-ring (bicyclic) bond motifs is 1. The Labute approximate surface area is 138 Å². The van der Waals surface area contributed by atoms with Gasteiger partial charge in [0.2, 0.25) is 0 Å². The molecule has 0 fully saturated rings. The van der Waals surface area contributed by atoms with E-state index in [2.05, 4.69) is 0 Å². The number of rotatable bonds is 4. The topological polar surface area (TPSA) is 54.0 Å². The molecule has 0 bridgehead atoms. The number of ether oxygens (including phenoxy) is 4. The van der Waals surface area contributed by atoms with Crippen LogP contribution < -0.4 is 14.2 Å². The standard InChI is InChI=1S/C18H17FO5/c1-21-15-5-3-12(9-14(15)19)11-24-18(20)13-4-6-16-17(10-13)23-8-2-7-22-16/h3-6,9-10H,2,7-8,11H2,1H3. The predicted molar refractivity (Wildman–Crippen MR) is 84.1 cm³/mol. The Balaban J connectivity index is 1.67. The quantitative estimate of drug-likeness (QED) is 0.804. The van der Waals surface area contributed by atoms with E-state index in [0.29, 0.717) is 35.8 Å². The zero-order chi connectivity index (χ0) is 16.9. The number of carbonyl (C=O) groups excluding carboxylic acids is 1. The second-order valence-corrected chi connectivity index (χ2v) is 5.26. The van der Waals surface area contributed by atoms with Gasteiger partial charge in [-0.15, -0.1) is 0 Å². The van der Waals surface area contributed by atoms with Gasteiger partial charge in [0, 0.05) is 6.42 Å². The first-order valence-electron chi connectivity index (χ1n) is 7.56. The third-order valence-electron chi connectivity index (χ3n) is 3.57. The van der Waals surface area contributed by atoms with Crippen molar-refractivity contribution in [2.24, 2.45) is 0 Å². The van der Waals surface area contributed by atoms with E-state index in [-0.39, 0.29) is 12.4 Å². The van der Waals surface area contributed by atoms with Crippen molar-refractivity contribution in [3.8, 4) is 17.2 Å². The van der Waals surface area contributed by atoms with Crippen molar-refractivity contribution >= 4 is 5.97 Å². The molecule has 0 radical (unpaired) electrons. The average molecular weight is 332 g/mol. The molecule has 0 saturated carbocycles. The Hall–Kier alpha value is -2.76. The predicted octanol–water partition coefficient (Wildman–Crippen LogP) is 3.35. The van der Waals surface area contributed by atoms with Crippen LogP contribution in [0.1, 0.15) is 22.3 Å². The molecule has 0 aliphatic carbocycles. The minimum absolute atomic E-state index is 0.0335. The van der Waals surface area contributed by atoms with Gasteiger partial charge in [0.05, 0.1) is 25.9 Å². The maximum absolute atomic E-state index is 13.6. The van der Waals surface area contributed by atoms with Gasteiger partial charge in [0.25, 0.3) is 0 Å². The van der Waals surface area contributed by atoms with Gasteiger partial charge in [-0.1, -0.05) is 6.07 Å². The molecule has 0 amide bonds. The number of hydrogen-bond acceptors (Lipinski definition) is 5. The number of methoxy groups -OCH3 is 1. The molecule has 0 saturated heterocycles. The lowest BCUT2D eigenvalue weighted by molar-refractivity contribution is 0.0471. The first kappa shape index (κ1) is 16.1. The number of carbonyl (C=O) groups is 1. The van der Waals surface area contributed by atoms with Crippen molar-refractivity contribution in [1.82, 2.24) is 0 Å². The lowest BCUT2D eigenvalue weighted by Gasteiger charge is -2.10. The Kier molecular flexibility index (Phi) is 4.84. The van der Waals surface area contributed by atoms with Gasteiger partial charge in [0.15, 0.2) is 23.1 Å². The molecule has 6 heteroatoms. The highest BCUT2D eigenvalue weighted by Gasteiger charge is 2.15. The molecule has 0 spiro atoms. The third kappa shape index (κ3) is 3.59. The Morgan fingerprint density at radius 2 is 1.92 bits per heavy atom. The van der Waals surface area contributed by atoms with E-state index < -0.39 is 11.8 Å². The fourth-order valence-electron chi connectivity index (χ4n) is 2.32. The molecule has 126 valence electrons. The van der Waals surface area contributed by atoms with Gasteiger partial charge >= 0.3 is 5.97 Å². The monoisotopic (exact) mass is 332 g/mol. The van der Waals surface area contributed by atoms with E-state index in [9.17, 15) is 9.18 Å². The van der Waals surface area contributed by atoms with Crippen LogP contribution in [-0.4, -0.2) is 26.3 Å². The summed E-state index contributed by atoms with van der Waals surface area (Å²) >= 11 is 0. The lowest BCUT2D eigenvalue weighted by Crippen LogP contribution is -2.06. The van der Waals surface area contributed by atoms with E-state index in [0.717, 1.165) is 6.42 Å². The number of esters is 1. The second kappa shape index (κ2) is 7.21. The zero-order valence-corrected chi connectivity index (χ0v) is 13.2. The maximum atomic E-state index is 13.6. The fraction of sp³-hybridized carbons (Fsp3) is 0.278. The smallest absolute Gasteiger partial charge is 0.338 e. The molecule has 0 aromatic heterocycles. The summed E-state index contributed by atoms with van der Waals surface area (Å²) in [6.45, 7) is 1.09. The zero-order valence-electron chi connectivity index (χ0n) is 13.2. The molecular weight excluding hydrogens is 315 g/mol. The van der Waals surface area contributed by atoms with Gasteiger partial charge in [-0.25, -0.2) is 9.18 Å². The van der Waals surface area contributed by atoms with Crippen molar-refractivity contribution in [2.75, 3.05) is 20.3 Å². The summed E-state index contributed by atoms with van der Waals surface area (Å²) in [6, 6.07) is 9.31. The van der Waals surface area contributed by atoms with Crippen LogP contribution in [0.5, 0.6) is 17.2 Å². The van der Waals surface area contributed by atoms with Crippen LogP contribution in [-0.2, 0) is 11.3 Å². The molecule has 1 aliphatic rings. The Morgan fingerprint density at radius 3 is 2.67 bits per heavy atom. The summed E-state index contributed by atoms with van der Waals surface area (Å²) in [5, 5.41) is 0. The molecule has 24 heavy (non-hydrogen) atoms.